The Morgan fingerprint density at radius 1 is 1.73 bits per heavy atom. The maximum atomic E-state index is 11.9. The highest BCUT2D eigenvalue weighted by Gasteiger charge is 2.00. The highest BCUT2D eigenvalue weighted by atomic mass is 19.1. The molecule has 11 heavy (non-hydrogen) atoms. The molecule has 0 aliphatic heterocycles. The number of nitrogens with zero attached hydrogens (tertiary/aromatic N) is 2. The molecule has 2 N–H and O–H groups in total. The van der Waals surface area contributed by atoms with Crippen molar-refractivity contribution in [1.82, 2.24) is 9.78 Å². The molecule has 1 aromatic rings. The van der Waals surface area contributed by atoms with Crippen molar-refractivity contribution in [2.24, 2.45) is 5.73 Å². The lowest BCUT2D eigenvalue weighted by molar-refractivity contribution is 0.421. The van der Waals surface area contributed by atoms with Gasteiger partial charge in [-0.1, -0.05) is 0 Å². The van der Waals surface area contributed by atoms with E-state index in [0.29, 0.717) is 13.1 Å². The molecule has 0 saturated heterocycles. The van der Waals surface area contributed by atoms with Crippen molar-refractivity contribution in [2.75, 3.05) is 6.67 Å². The summed E-state index contributed by atoms with van der Waals surface area (Å²) in [7, 11) is 0. The van der Waals surface area contributed by atoms with Gasteiger partial charge in [0, 0.05) is 12.2 Å². The average Bonchev–Trinajstić information content (AvgIpc) is 2.33. The van der Waals surface area contributed by atoms with Crippen LogP contribution in [0.1, 0.15) is 11.4 Å². The molecule has 1 aromatic heterocycles. The molecule has 1 heterocycles. The molecule has 0 aromatic carbocycles. The summed E-state index contributed by atoms with van der Waals surface area (Å²) in [4.78, 5) is 0. The van der Waals surface area contributed by atoms with Gasteiger partial charge in [0.25, 0.3) is 0 Å². The maximum Gasteiger partial charge on any atom is 0.109 e. The van der Waals surface area contributed by atoms with Gasteiger partial charge in [-0.15, -0.1) is 0 Å². The van der Waals surface area contributed by atoms with Crippen LogP contribution in [0.5, 0.6) is 0 Å². The number of aromatic nitrogens is 2. The molecular formula is C7H12FN3. The van der Waals surface area contributed by atoms with Gasteiger partial charge in [-0.2, -0.15) is 5.10 Å². The fraction of sp³-hybridized carbons (Fsp3) is 0.571. The van der Waals surface area contributed by atoms with E-state index in [4.69, 9.17) is 5.73 Å². The van der Waals surface area contributed by atoms with Crippen LogP contribution in [0.2, 0.25) is 0 Å². The molecule has 0 aliphatic carbocycles. The molecule has 0 bridgehead atoms. The smallest absolute Gasteiger partial charge is 0.109 e. The molecule has 0 amide bonds. The largest absolute Gasteiger partial charge is 0.325 e. The monoisotopic (exact) mass is 157 g/mol. The Morgan fingerprint density at radius 3 is 2.91 bits per heavy atom. The van der Waals surface area contributed by atoms with Crippen molar-refractivity contribution in [3.63, 3.8) is 0 Å². The Hall–Kier alpha value is -0.900. The second-order valence-corrected chi connectivity index (χ2v) is 2.39. The number of nitrogens with two attached hydrogens (primary N) is 1. The molecule has 0 radical (unpaired) electrons. The molecule has 3 nitrogen and oxygen atoms in total. The number of aryl methyl sites for hydroxylation is 2. The Kier molecular flexibility index (Phi) is 2.59. The van der Waals surface area contributed by atoms with Gasteiger partial charge >= 0.3 is 0 Å². The summed E-state index contributed by atoms with van der Waals surface area (Å²) in [6, 6.07) is 1.87. The zero-order valence-corrected chi connectivity index (χ0v) is 6.55. The van der Waals surface area contributed by atoms with Gasteiger partial charge in [0.05, 0.1) is 12.2 Å². The average molecular weight is 157 g/mol. The van der Waals surface area contributed by atoms with E-state index in [1.807, 2.05) is 13.0 Å². The predicted molar refractivity (Wildman–Crippen MR) is 40.8 cm³/mol. The van der Waals surface area contributed by atoms with Gasteiger partial charge < -0.3 is 5.73 Å². The minimum atomic E-state index is -0.382. The van der Waals surface area contributed by atoms with Gasteiger partial charge in [0.1, 0.15) is 6.67 Å². The summed E-state index contributed by atoms with van der Waals surface area (Å²) < 4.78 is 13.5. The SMILES string of the molecule is Cc1cc(CN)nn1CCF. The number of rotatable bonds is 3. The van der Waals surface area contributed by atoms with Gasteiger partial charge in [-0.3, -0.25) is 4.68 Å². The predicted octanol–water partition coefficient (Wildman–Crippen LogP) is 0.620. The number of hydrogen-bond donors (Lipinski definition) is 1. The van der Waals surface area contributed by atoms with E-state index in [-0.39, 0.29) is 6.67 Å². The normalized spacial score (nSPS) is 10.5. The molecule has 0 saturated carbocycles. The molecule has 62 valence electrons. The van der Waals surface area contributed by atoms with Crippen LogP contribution in [0.15, 0.2) is 6.07 Å². The Labute approximate surface area is 65.0 Å². The van der Waals surface area contributed by atoms with Gasteiger partial charge in [-0.25, -0.2) is 4.39 Å². The van der Waals surface area contributed by atoms with E-state index in [2.05, 4.69) is 5.10 Å². The first-order valence-corrected chi connectivity index (χ1v) is 3.57. The van der Waals surface area contributed by atoms with Crippen LogP contribution in [-0.4, -0.2) is 16.5 Å². The summed E-state index contributed by atoms with van der Waals surface area (Å²) in [6.45, 7) is 2.25. The third-order valence-electron chi connectivity index (χ3n) is 1.54. The summed E-state index contributed by atoms with van der Waals surface area (Å²) in [5.74, 6) is 0. The van der Waals surface area contributed by atoms with E-state index in [1.54, 1.807) is 4.68 Å². The third kappa shape index (κ3) is 1.77. The van der Waals surface area contributed by atoms with Crippen LogP contribution in [-0.2, 0) is 13.1 Å². The summed E-state index contributed by atoms with van der Waals surface area (Å²) in [5, 5.41) is 4.07. The molecular weight excluding hydrogens is 145 g/mol. The lowest BCUT2D eigenvalue weighted by Crippen LogP contribution is -2.05. The fourth-order valence-electron chi connectivity index (χ4n) is 0.985. The highest BCUT2D eigenvalue weighted by molar-refractivity contribution is 5.08. The quantitative estimate of drug-likeness (QED) is 0.699. The zero-order valence-electron chi connectivity index (χ0n) is 6.55. The van der Waals surface area contributed by atoms with Crippen molar-refractivity contribution >= 4 is 0 Å². The van der Waals surface area contributed by atoms with E-state index in [9.17, 15) is 4.39 Å². The molecule has 4 heteroatoms. The third-order valence-corrected chi connectivity index (χ3v) is 1.54. The molecule has 0 unspecified atom stereocenters. The van der Waals surface area contributed by atoms with E-state index >= 15 is 0 Å². The van der Waals surface area contributed by atoms with Gasteiger partial charge in [-0.05, 0) is 13.0 Å². The number of hydrogen-bond acceptors (Lipinski definition) is 2. The van der Waals surface area contributed by atoms with Crippen molar-refractivity contribution in [2.45, 2.75) is 20.0 Å². The summed E-state index contributed by atoms with van der Waals surface area (Å²) >= 11 is 0. The lowest BCUT2D eigenvalue weighted by Gasteiger charge is -1.97. The Morgan fingerprint density at radius 2 is 2.45 bits per heavy atom. The van der Waals surface area contributed by atoms with Crippen molar-refractivity contribution in [3.8, 4) is 0 Å². The second-order valence-electron chi connectivity index (χ2n) is 2.39. The van der Waals surface area contributed by atoms with Crippen molar-refractivity contribution in [3.05, 3.63) is 17.5 Å². The standard InChI is InChI=1S/C7H12FN3/c1-6-4-7(5-9)10-11(6)3-2-8/h4H,2-3,5,9H2,1H3. The zero-order chi connectivity index (χ0) is 8.27. The molecule has 0 spiro atoms. The number of alkyl halides is 1. The highest BCUT2D eigenvalue weighted by Crippen LogP contribution is 2.01. The van der Waals surface area contributed by atoms with Crippen LogP contribution in [0, 0.1) is 6.92 Å². The van der Waals surface area contributed by atoms with Crippen molar-refractivity contribution in [1.29, 1.82) is 0 Å². The summed E-state index contributed by atoms with van der Waals surface area (Å²) in [5.41, 5.74) is 7.14. The first-order chi connectivity index (χ1) is 5.27. The van der Waals surface area contributed by atoms with Crippen LogP contribution in [0.25, 0.3) is 0 Å². The minimum absolute atomic E-state index is 0.325. The molecule has 0 atom stereocenters. The second kappa shape index (κ2) is 3.48. The van der Waals surface area contributed by atoms with Gasteiger partial charge in [0.2, 0.25) is 0 Å². The first-order valence-electron chi connectivity index (χ1n) is 3.57. The topological polar surface area (TPSA) is 43.8 Å². The Balaban J connectivity index is 2.79. The molecule has 0 aliphatic rings. The van der Waals surface area contributed by atoms with Crippen LogP contribution in [0.3, 0.4) is 0 Å². The fourth-order valence-corrected chi connectivity index (χ4v) is 0.985. The van der Waals surface area contributed by atoms with E-state index < -0.39 is 0 Å². The minimum Gasteiger partial charge on any atom is -0.325 e. The van der Waals surface area contributed by atoms with Crippen LogP contribution < -0.4 is 5.73 Å². The molecule has 0 fully saturated rings. The summed E-state index contributed by atoms with van der Waals surface area (Å²) in [6.07, 6.45) is 0. The molecule has 1 rings (SSSR count). The van der Waals surface area contributed by atoms with Crippen LogP contribution in [0.4, 0.5) is 4.39 Å². The van der Waals surface area contributed by atoms with Gasteiger partial charge in [0.15, 0.2) is 0 Å². The lowest BCUT2D eigenvalue weighted by atomic mass is 10.4. The van der Waals surface area contributed by atoms with E-state index in [0.717, 1.165) is 11.4 Å². The first kappa shape index (κ1) is 8.20. The van der Waals surface area contributed by atoms with E-state index in [1.165, 1.54) is 0 Å². The Bertz CT molecular complexity index is 232. The number of halogens is 1. The van der Waals surface area contributed by atoms with Crippen LogP contribution >= 0.6 is 0 Å². The maximum absolute atomic E-state index is 11.9. The van der Waals surface area contributed by atoms with Crippen molar-refractivity contribution < 1.29 is 4.39 Å².